The third-order valence-electron chi connectivity index (χ3n) is 6.83. The zero-order valence-corrected chi connectivity index (χ0v) is 23.6. The molecule has 1 saturated heterocycles. The highest BCUT2D eigenvalue weighted by Gasteiger charge is 2.34. The van der Waals surface area contributed by atoms with Crippen LogP contribution in [0.1, 0.15) is 45.5 Å². The summed E-state index contributed by atoms with van der Waals surface area (Å²) >= 11 is 1.34. The monoisotopic (exact) mass is 578 g/mol. The number of nitrogens with one attached hydrogen (secondary N) is 2. The number of fused-ring (bicyclic) bond motifs is 1. The van der Waals surface area contributed by atoms with Crippen LogP contribution in [-0.2, 0) is 4.74 Å². The van der Waals surface area contributed by atoms with Crippen LogP contribution in [0.4, 0.5) is 20.5 Å². The molecule has 0 saturated carbocycles. The van der Waals surface area contributed by atoms with E-state index in [0.717, 1.165) is 21.4 Å². The third kappa shape index (κ3) is 6.33. The van der Waals surface area contributed by atoms with Gasteiger partial charge >= 0.3 is 12.2 Å². The average Bonchev–Trinajstić information content (AvgIpc) is 3.34. The Hall–Kier alpha value is -4.43. The number of anilines is 2. The molecule has 4 N–H and O–H groups in total. The molecule has 1 fully saturated rings. The Kier molecular flexibility index (Phi) is 7.94. The number of urea groups is 1. The summed E-state index contributed by atoms with van der Waals surface area (Å²) in [7, 11) is 0. The number of hydrogen-bond donors (Lipinski definition) is 4. The summed E-state index contributed by atoms with van der Waals surface area (Å²) in [6.07, 6.45) is 3.80. The molecule has 0 spiro atoms. The molecule has 2 amide bonds. The fourth-order valence-electron chi connectivity index (χ4n) is 4.64. The SMILES string of the molecule is CCNC(=O)Nc1nc2cc(-c3cnc(C(C)O)nc3)cc(-c3cc(N4CCC(C)(OC(=O)O)CC4)ncn3)c2s1. The van der Waals surface area contributed by atoms with E-state index < -0.39 is 17.9 Å². The van der Waals surface area contributed by atoms with E-state index in [1.165, 1.54) is 17.7 Å². The van der Waals surface area contributed by atoms with Crippen LogP contribution in [0, 0.1) is 0 Å². The van der Waals surface area contributed by atoms with Crippen molar-refractivity contribution >= 4 is 44.7 Å². The van der Waals surface area contributed by atoms with Crippen molar-refractivity contribution < 1.29 is 24.5 Å². The second-order valence-electron chi connectivity index (χ2n) is 9.95. The first kappa shape index (κ1) is 28.1. The number of carbonyl (C=O) groups is 2. The molecule has 1 unspecified atom stereocenters. The first-order chi connectivity index (χ1) is 19.6. The molecule has 4 aromatic rings. The van der Waals surface area contributed by atoms with E-state index in [1.807, 2.05) is 25.1 Å². The van der Waals surface area contributed by atoms with Gasteiger partial charge in [-0.05, 0) is 38.5 Å². The molecule has 5 rings (SSSR count). The second kappa shape index (κ2) is 11.6. The van der Waals surface area contributed by atoms with E-state index >= 15 is 0 Å². The molecule has 14 heteroatoms. The number of hydrogen-bond acceptors (Lipinski definition) is 11. The van der Waals surface area contributed by atoms with Crippen LogP contribution in [0.5, 0.6) is 0 Å². The topological polar surface area (TPSA) is 176 Å². The summed E-state index contributed by atoms with van der Waals surface area (Å²) in [4.78, 5) is 47.6. The van der Waals surface area contributed by atoms with Gasteiger partial charge in [0.2, 0.25) is 0 Å². The molecular formula is C27H30N8O5S. The average molecular weight is 579 g/mol. The lowest BCUT2D eigenvalue weighted by Crippen LogP contribution is -2.45. The molecule has 3 aromatic heterocycles. The first-order valence-electron chi connectivity index (χ1n) is 13.1. The van der Waals surface area contributed by atoms with Crippen molar-refractivity contribution in [3.05, 3.63) is 42.7 Å². The van der Waals surface area contributed by atoms with Crippen LogP contribution >= 0.6 is 11.3 Å². The van der Waals surface area contributed by atoms with Crippen molar-refractivity contribution in [1.29, 1.82) is 0 Å². The summed E-state index contributed by atoms with van der Waals surface area (Å²) in [6.45, 7) is 6.87. The highest BCUT2D eigenvalue weighted by atomic mass is 32.1. The summed E-state index contributed by atoms with van der Waals surface area (Å²) in [5.41, 5.74) is 2.89. The molecule has 13 nitrogen and oxygen atoms in total. The fourth-order valence-corrected chi connectivity index (χ4v) is 5.60. The van der Waals surface area contributed by atoms with E-state index in [1.54, 1.807) is 26.2 Å². The van der Waals surface area contributed by atoms with E-state index in [0.29, 0.717) is 60.5 Å². The minimum Gasteiger partial charge on any atom is -0.450 e. The normalized spacial score (nSPS) is 15.4. The molecule has 1 aromatic carbocycles. The van der Waals surface area contributed by atoms with Crippen molar-refractivity contribution in [3.8, 4) is 22.4 Å². The zero-order valence-electron chi connectivity index (χ0n) is 22.8. The smallest absolute Gasteiger partial charge is 0.450 e. The number of benzene rings is 1. The van der Waals surface area contributed by atoms with Crippen LogP contribution in [0.25, 0.3) is 32.6 Å². The minimum absolute atomic E-state index is 0.323. The number of piperidine rings is 1. The number of amides is 2. The maximum atomic E-state index is 12.2. The lowest BCUT2D eigenvalue weighted by atomic mass is 9.93. The minimum atomic E-state index is -1.27. The van der Waals surface area contributed by atoms with Gasteiger partial charge in [0.25, 0.3) is 0 Å². The second-order valence-corrected chi connectivity index (χ2v) is 10.9. The summed E-state index contributed by atoms with van der Waals surface area (Å²) in [5, 5.41) is 24.8. The Labute approximate surface area is 239 Å². The van der Waals surface area contributed by atoms with Gasteiger partial charge in [-0.1, -0.05) is 11.3 Å². The first-order valence-corrected chi connectivity index (χ1v) is 13.9. The fraction of sp³-hybridized carbons (Fsp3) is 0.370. The Morgan fingerprint density at radius 3 is 2.51 bits per heavy atom. The Morgan fingerprint density at radius 1 is 1.12 bits per heavy atom. The molecule has 1 aliphatic rings. The zero-order chi connectivity index (χ0) is 29.1. The number of carbonyl (C=O) groups excluding carboxylic acids is 1. The number of carboxylic acid groups (broad SMARTS) is 1. The maximum absolute atomic E-state index is 12.2. The Morgan fingerprint density at radius 2 is 1.85 bits per heavy atom. The predicted octanol–water partition coefficient (Wildman–Crippen LogP) is 4.46. The largest absolute Gasteiger partial charge is 0.506 e. The molecule has 0 bridgehead atoms. The van der Waals surface area contributed by atoms with Gasteiger partial charge in [-0.25, -0.2) is 34.5 Å². The Balaban J connectivity index is 1.52. The highest BCUT2D eigenvalue weighted by molar-refractivity contribution is 7.22. The summed E-state index contributed by atoms with van der Waals surface area (Å²) < 4.78 is 5.94. The summed E-state index contributed by atoms with van der Waals surface area (Å²) in [6, 6.07) is 5.42. The molecule has 1 aliphatic heterocycles. The van der Waals surface area contributed by atoms with Gasteiger partial charge in [-0.15, -0.1) is 0 Å². The number of nitrogens with zero attached hydrogens (tertiary/aromatic N) is 6. The van der Waals surface area contributed by atoms with Crippen LogP contribution in [0.15, 0.2) is 36.9 Å². The standard InChI is InChI=1S/C27H30N8O5S/c1-4-28-24(37)34-25-33-20-10-16(17-12-29-23(15(2)36)30-13-17)9-18(22(20)41-25)19-11-21(32-14-31-19)35-7-5-27(3,6-8-35)40-26(38)39/h9-15,36H,4-8H2,1-3H3,(H,38,39)(H2,28,33,34,37). The van der Waals surface area contributed by atoms with Gasteiger partial charge in [-0.2, -0.15) is 0 Å². The summed E-state index contributed by atoms with van der Waals surface area (Å²) in [5.74, 6) is 1.03. The van der Waals surface area contributed by atoms with E-state index in [-0.39, 0.29) is 6.03 Å². The van der Waals surface area contributed by atoms with Crippen molar-refractivity contribution in [1.82, 2.24) is 30.2 Å². The number of aliphatic hydroxyl groups excluding tert-OH is 1. The van der Waals surface area contributed by atoms with Gasteiger partial charge in [0, 0.05) is 62.1 Å². The van der Waals surface area contributed by atoms with Crippen molar-refractivity contribution in [2.45, 2.75) is 45.3 Å². The lowest BCUT2D eigenvalue weighted by molar-refractivity contribution is -0.0215. The van der Waals surface area contributed by atoms with Crippen LogP contribution < -0.4 is 15.5 Å². The molecule has 41 heavy (non-hydrogen) atoms. The Bertz CT molecular complexity index is 1570. The molecule has 214 valence electrons. The van der Waals surface area contributed by atoms with Crippen LogP contribution in [-0.4, -0.2) is 72.6 Å². The van der Waals surface area contributed by atoms with Gasteiger partial charge in [-0.3, -0.25) is 5.32 Å². The van der Waals surface area contributed by atoms with Crippen LogP contribution in [0.3, 0.4) is 0 Å². The third-order valence-corrected chi connectivity index (χ3v) is 7.85. The molecule has 0 radical (unpaired) electrons. The number of rotatable bonds is 7. The predicted molar refractivity (Wildman–Crippen MR) is 154 cm³/mol. The number of aliphatic hydroxyl groups is 1. The maximum Gasteiger partial charge on any atom is 0.506 e. The van der Waals surface area contributed by atoms with E-state index in [9.17, 15) is 14.7 Å². The lowest BCUT2D eigenvalue weighted by Gasteiger charge is -2.38. The number of aromatic nitrogens is 5. The van der Waals surface area contributed by atoms with Crippen molar-refractivity contribution in [2.24, 2.45) is 0 Å². The molecule has 4 heterocycles. The number of ether oxygens (including phenoxy) is 1. The van der Waals surface area contributed by atoms with Gasteiger partial charge in [0.15, 0.2) is 11.0 Å². The quantitative estimate of drug-likeness (QED) is 0.228. The number of thiazole rings is 1. The van der Waals surface area contributed by atoms with E-state index in [4.69, 9.17) is 9.84 Å². The van der Waals surface area contributed by atoms with Crippen molar-refractivity contribution in [2.75, 3.05) is 29.9 Å². The molecule has 0 aliphatic carbocycles. The van der Waals surface area contributed by atoms with Gasteiger partial charge in [0.05, 0.1) is 15.9 Å². The molecular weight excluding hydrogens is 548 g/mol. The highest BCUT2D eigenvalue weighted by Crippen LogP contribution is 2.39. The van der Waals surface area contributed by atoms with Crippen LogP contribution in [0.2, 0.25) is 0 Å². The van der Waals surface area contributed by atoms with Crippen molar-refractivity contribution in [3.63, 3.8) is 0 Å². The molecule has 1 atom stereocenters. The van der Waals surface area contributed by atoms with Gasteiger partial charge in [0.1, 0.15) is 23.9 Å². The van der Waals surface area contributed by atoms with Gasteiger partial charge < -0.3 is 25.2 Å². The van der Waals surface area contributed by atoms with E-state index in [2.05, 4.69) is 40.5 Å².